The third kappa shape index (κ3) is 8.57. The number of nitrogens with zero attached hydrogens (tertiary/aromatic N) is 2. The molecule has 8 rings (SSSR count). The van der Waals surface area contributed by atoms with E-state index >= 15 is 0 Å². The summed E-state index contributed by atoms with van der Waals surface area (Å²) >= 11 is 0. The summed E-state index contributed by atoms with van der Waals surface area (Å²) in [6.45, 7) is 6.48. The molecule has 0 unspecified atom stereocenters. The SMILES string of the molecule is Cc1ccc(N(C=C(c2ccccc2)c2ccccc2)c2ccc(-c3ccc(N(C=C(c4ccccc4)c4ccccc4)c4ccc(C)cc4C)cc3)cc2)cc1. The third-order valence-electron chi connectivity index (χ3n) is 10.4. The van der Waals surface area contributed by atoms with Crippen LogP contribution in [0.1, 0.15) is 38.9 Å². The van der Waals surface area contributed by atoms with Gasteiger partial charge in [0.1, 0.15) is 0 Å². The first-order valence-corrected chi connectivity index (χ1v) is 19.6. The van der Waals surface area contributed by atoms with Crippen LogP contribution in [-0.2, 0) is 0 Å². The van der Waals surface area contributed by atoms with Gasteiger partial charge in [-0.1, -0.05) is 181 Å². The summed E-state index contributed by atoms with van der Waals surface area (Å²) in [6, 6.07) is 75.9. The van der Waals surface area contributed by atoms with E-state index in [0.717, 1.165) is 45.0 Å². The summed E-state index contributed by atoms with van der Waals surface area (Å²) in [5.74, 6) is 0. The molecule has 0 saturated heterocycles. The van der Waals surface area contributed by atoms with E-state index in [4.69, 9.17) is 0 Å². The van der Waals surface area contributed by atoms with Gasteiger partial charge in [-0.2, -0.15) is 0 Å². The second kappa shape index (κ2) is 17.1. The first-order valence-electron chi connectivity index (χ1n) is 19.6. The smallest absolute Gasteiger partial charge is 0.0485 e. The van der Waals surface area contributed by atoms with Gasteiger partial charge in [0, 0.05) is 46.3 Å². The van der Waals surface area contributed by atoms with Crippen LogP contribution in [-0.4, -0.2) is 0 Å². The van der Waals surface area contributed by atoms with E-state index in [1.165, 1.54) is 38.9 Å². The normalized spacial score (nSPS) is 10.7. The Morgan fingerprint density at radius 3 is 1.05 bits per heavy atom. The van der Waals surface area contributed by atoms with E-state index in [1.54, 1.807) is 0 Å². The Hall–Kier alpha value is -7.16. The maximum Gasteiger partial charge on any atom is 0.0485 e. The zero-order valence-electron chi connectivity index (χ0n) is 32.8. The van der Waals surface area contributed by atoms with Gasteiger partial charge in [-0.15, -0.1) is 0 Å². The van der Waals surface area contributed by atoms with Gasteiger partial charge in [0.05, 0.1) is 0 Å². The van der Waals surface area contributed by atoms with Crippen molar-refractivity contribution >= 4 is 33.9 Å². The summed E-state index contributed by atoms with van der Waals surface area (Å²) in [5, 5.41) is 0. The average Bonchev–Trinajstić information content (AvgIpc) is 3.27. The van der Waals surface area contributed by atoms with Crippen LogP contribution >= 0.6 is 0 Å². The van der Waals surface area contributed by atoms with Gasteiger partial charge in [-0.05, 0) is 102 Å². The van der Waals surface area contributed by atoms with Gasteiger partial charge < -0.3 is 9.80 Å². The molecular weight excluding hydrogens is 689 g/mol. The maximum absolute atomic E-state index is 2.33. The molecule has 8 aromatic rings. The molecule has 2 heteroatoms. The lowest BCUT2D eigenvalue weighted by Gasteiger charge is -2.26. The van der Waals surface area contributed by atoms with Gasteiger partial charge in [0.15, 0.2) is 0 Å². The summed E-state index contributed by atoms with van der Waals surface area (Å²) < 4.78 is 0. The van der Waals surface area contributed by atoms with Crippen LogP contribution in [0.15, 0.2) is 225 Å². The van der Waals surface area contributed by atoms with Crippen molar-refractivity contribution in [3.63, 3.8) is 0 Å². The minimum Gasteiger partial charge on any atom is -0.317 e. The van der Waals surface area contributed by atoms with Gasteiger partial charge in [0.2, 0.25) is 0 Å². The summed E-state index contributed by atoms with van der Waals surface area (Å²) in [4.78, 5) is 4.63. The fourth-order valence-electron chi connectivity index (χ4n) is 7.35. The van der Waals surface area contributed by atoms with Gasteiger partial charge in [-0.25, -0.2) is 0 Å². The Bertz CT molecular complexity index is 2510. The molecule has 0 aliphatic rings. The standard InChI is InChI=1S/C55H46N2/c1-41-24-31-50(32-25-41)56(39-53(46-16-8-4-9-17-46)47-18-10-5-11-19-47)51-33-27-44(28-34-51)45-29-35-52(36-30-45)57(55-37-26-42(2)38-43(55)3)40-54(48-20-12-6-13-21-48)49-22-14-7-15-23-49/h4-40H,1-3H3. The molecule has 2 nitrogen and oxygen atoms in total. The van der Waals surface area contributed by atoms with Gasteiger partial charge in [0.25, 0.3) is 0 Å². The molecule has 0 N–H and O–H groups in total. The molecule has 0 aliphatic heterocycles. The van der Waals surface area contributed by atoms with E-state index in [0.29, 0.717) is 0 Å². The fourth-order valence-corrected chi connectivity index (χ4v) is 7.35. The molecule has 0 atom stereocenters. The second-order valence-electron chi connectivity index (χ2n) is 14.5. The molecule has 0 amide bonds. The van der Waals surface area contributed by atoms with Crippen molar-refractivity contribution < 1.29 is 0 Å². The Labute approximate surface area is 338 Å². The zero-order chi connectivity index (χ0) is 39.0. The summed E-state index contributed by atoms with van der Waals surface area (Å²) in [5.41, 5.74) is 17.4. The lowest BCUT2D eigenvalue weighted by molar-refractivity contribution is 1.23. The highest BCUT2D eigenvalue weighted by molar-refractivity contribution is 5.86. The Morgan fingerprint density at radius 1 is 0.333 bits per heavy atom. The predicted octanol–water partition coefficient (Wildman–Crippen LogP) is 14.7. The van der Waals surface area contributed by atoms with E-state index < -0.39 is 0 Å². The molecule has 0 heterocycles. The minimum absolute atomic E-state index is 1.09. The topological polar surface area (TPSA) is 6.48 Å². The van der Waals surface area contributed by atoms with Crippen molar-refractivity contribution in [1.82, 2.24) is 0 Å². The zero-order valence-corrected chi connectivity index (χ0v) is 32.8. The van der Waals surface area contributed by atoms with Crippen molar-refractivity contribution in [2.45, 2.75) is 20.8 Å². The Morgan fingerprint density at radius 2 is 0.667 bits per heavy atom. The van der Waals surface area contributed by atoms with E-state index in [1.807, 2.05) is 0 Å². The molecule has 0 saturated carbocycles. The highest BCUT2D eigenvalue weighted by atomic mass is 15.1. The van der Waals surface area contributed by atoms with Crippen molar-refractivity contribution in [1.29, 1.82) is 0 Å². The molecule has 0 fully saturated rings. The number of hydrogen-bond acceptors (Lipinski definition) is 2. The van der Waals surface area contributed by atoms with Crippen LogP contribution in [0.4, 0.5) is 22.7 Å². The van der Waals surface area contributed by atoms with Crippen LogP contribution in [0.5, 0.6) is 0 Å². The van der Waals surface area contributed by atoms with Crippen molar-refractivity contribution in [2.24, 2.45) is 0 Å². The minimum atomic E-state index is 1.09. The molecule has 276 valence electrons. The van der Waals surface area contributed by atoms with Crippen molar-refractivity contribution in [2.75, 3.05) is 9.80 Å². The highest BCUT2D eigenvalue weighted by Crippen LogP contribution is 2.37. The van der Waals surface area contributed by atoms with Crippen LogP contribution in [0.25, 0.3) is 22.3 Å². The molecule has 8 aromatic carbocycles. The van der Waals surface area contributed by atoms with Crippen LogP contribution in [0, 0.1) is 20.8 Å². The molecule has 0 aromatic heterocycles. The first kappa shape index (κ1) is 36.8. The molecule has 0 radical (unpaired) electrons. The van der Waals surface area contributed by atoms with E-state index in [2.05, 4.69) is 255 Å². The molecule has 0 spiro atoms. The number of benzene rings is 8. The second-order valence-corrected chi connectivity index (χ2v) is 14.5. The van der Waals surface area contributed by atoms with Crippen molar-refractivity contribution in [3.8, 4) is 11.1 Å². The largest absolute Gasteiger partial charge is 0.317 e. The highest BCUT2D eigenvalue weighted by Gasteiger charge is 2.16. The third-order valence-corrected chi connectivity index (χ3v) is 10.4. The predicted molar refractivity (Wildman–Crippen MR) is 243 cm³/mol. The monoisotopic (exact) mass is 734 g/mol. The summed E-state index contributed by atoms with van der Waals surface area (Å²) in [6.07, 6.45) is 4.56. The Kier molecular flexibility index (Phi) is 11.0. The number of hydrogen-bond donors (Lipinski definition) is 0. The quantitative estimate of drug-likeness (QED) is 0.131. The van der Waals surface area contributed by atoms with Crippen LogP contribution in [0.2, 0.25) is 0 Å². The lowest BCUT2D eigenvalue weighted by atomic mass is 9.98. The van der Waals surface area contributed by atoms with Crippen LogP contribution < -0.4 is 9.80 Å². The Balaban J connectivity index is 1.17. The van der Waals surface area contributed by atoms with Crippen LogP contribution in [0.3, 0.4) is 0 Å². The first-order chi connectivity index (χ1) is 28.0. The molecule has 0 bridgehead atoms. The average molecular weight is 735 g/mol. The molecular formula is C55H46N2. The molecule has 0 aliphatic carbocycles. The van der Waals surface area contributed by atoms with E-state index in [9.17, 15) is 0 Å². The van der Waals surface area contributed by atoms with Crippen molar-refractivity contribution in [3.05, 3.63) is 264 Å². The number of anilines is 4. The maximum atomic E-state index is 2.33. The fraction of sp³-hybridized carbons (Fsp3) is 0.0545. The van der Waals surface area contributed by atoms with Gasteiger partial charge >= 0.3 is 0 Å². The number of aryl methyl sites for hydroxylation is 3. The number of rotatable bonds is 11. The lowest BCUT2D eigenvalue weighted by Crippen LogP contribution is -2.12. The summed E-state index contributed by atoms with van der Waals surface area (Å²) in [7, 11) is 0. The molecule has 57 heavy (non-hydrogen) atoms. The van der Waals surface area contributed by atoms with E-state index in [-0.39, 0.29) is 0 Å². The van der Waals surface area contributed by atoms with Gasteiger partial charge in [-0.3, -0.25) is 0 Å².